The van der Waals surface area contributed by atoms with Crippen LogP contribution >= 0.6 is 0 Å². The SMILES string of the molecule is CC1(C)OB(C(=Cc2nccc3ccccc23)CNC(=O)OCC2c3ccccc3-c3ccccc32)OC1(C)C. The number of carbonyl (C=O) groups excluding carboxylic acids is 1. The Hall–Kier alpha value is -3.94. The van der Waals surface area contributed by atoms with Crippen LogP contribution in [0.3, 0.4) is 0 Å². The molecule has 1 aliphatic heterocycles. The topological polar surface area (TPSA) is 69.7 Å². The first kappa shape index (κ1) is 26.3. The van der Waals surface area contributed by atoms with Crippen molar-refractivity contribution in [3.63, 3.8) is 0 Å². The smallest absolute Gasteiger partial charge is 0.449 e. The number of hydrogen-bond donors (Lipinski definition) is 1. The molecule has 1 N–H and O–H groups in total. The Balaban J connectivity index is 1.21. The maximum atomic E-state index is 13.0. The fourth-order valence-corrected chi connectivity index (χ4v) is 5.45. The molecule has 3 aromatic carbocycles. The molecule has 4 aromatic rings. The van der Waals surface area contributed by atoms with Crippen molar-refractivity contribution in [3.05, 3.63) is 107 Å². The van der Waals surface area contributed by atoms with Crippen LogP contribution in [0.5, 0.6) is 0 Å². The number of nitrogens with zero attached hydrogens (tertiary/aromatic N) is 1. The number of benzene rings is 3. The lowest BCUT2D eigenvalue weighted by atomic mass is 9.77. The van der Waals surface area contributed by atoms with Crippen molar-refractivity contribution in [2.75, 3.05) is 13.2 Å². The second-order valence-corrected chi connectivity index (χ2v) is 11.4. The molecule has 2 aliphatic rings. The van der Waals surface area contributed by atoms with Crippen molar-refractivity contribution in [2.24, 2.45) is 0 Å². The van der Waals surface area contributed by atoms with E-state index in [0.717, 1.165) is 21.9 Å². The van der Waals surface area contributed by atoms with Gasteiger partial charge in [-0.3, -0.25) is 4.98 Å². The minimum absolute atomic E-state index is 0.00357. The summed E-state index contributed by atoms with van der Waals surface area (Å²) in [5.74, 6) is -0.00357. The summed E-state index contributed by atoms with van der Waals surface area (Å²) in [6.07, 6.45) is 3.25. The predicted octanol–water partition coefficient (Wildman–Crippen LogP) is 6.79. The molecule has 1 saturated heterocycles. The van der Waals surface area contributed by atoms with Crippen molar-refractivity contribution in [3.8, 4) is 11.1 Å². The van der Waals surface area contributed by atoms with E-state index in [0.29, 0.717) is 0 Å². The first-order chi connectivity index (χ1) is 19.2. The van der Waals surface area contributed by atoms with Crippen LogP contribution in [0, 0.1) is 0 Å². The molecule has 6 nitrogen and oxygen atoms in total. The van der Waals surface area contributed by atoms with Crippen LogP contribution in [0.1, 0.15) is 50.4 Å². The lowest BCUT2D eigenvalue weighted by Gasteiger charge is -2.32. The largest absolute Gasteiger partial charge is 0.492 e. The van der Waals surface area contributed by atoms with E-state index in [-0.39, 0.29) is 19.1 Å². The van der Waals surface area contributed by atoms with Gasteiger partial charge >= 0.3 is 13.2 Å². The van der Waals surface area contributed by atoms with E-state index in [1.165, 1.54) is 22.3 Å². The third kappa shape index (κ3) is 4.80. The lowest BCUT2D eigenvalue weighted by molar-refractivity contribution is 0.00578. The monoisotopic (exact) mass is 532 g/mol. The van der Waals surface area contributed by atoms with Gasteiger partial charge in [0.2, 0.25) is 0 Å². The maximum absolute atomic E-state index is 13.0. The third-order valence-corrected chi connectivity index (χ3v) is 8.36. The highest BCUT2D eigenvalue weighted by atomic mass is 16.7. The van der Waals surface area contributed by atoms with Gasteiger partial charge in [-0.25, -0.2) is 4.79 Å². The van der Waals surface area contributed by atoms with Crippen LogP contribution in [0.2, 0.25) is 0 Å². The standard InChI is InChI=1S/C33H33BN2O4/c1-32(2)33(3,4)40-34(39-32)23(19-30-24-12-6-5-11-22(24)17-18-35-30)20-36-31(37)38-21-29-27-15-9-7-13-25(27)26-14-8-10-16-28(26)29/h5-19,29H,20-21H2,1-4H3,(H,36,37). The highest BCUT2D eigenvalue weighted by Gasteiger charge is 2.52. The number of fused-ring (bicyclic) bond motifs is 4. The third-order valence-electron chi connectivity index (χ3n) is 8.36. The number of amides is 1. The van der Waals surface area contributed by atoms with Crippen LogP contribution in [-0.2, 0) is 14.0 Å². The summed E-state index contributed by atoms with van der Waals surface area (Å²) < 4.78 is 18.5. The number of ether oxygens (including phenoxy) is 1. The molecule has 2 heterocycles. The molecule has 0 radical (unpaired) electrons. The van der Waals surface area contributed by atoms with Gasteiger partial charge in [-0.2, -0.15) is 0 Å². The van der Waals surface area contributed by atoms with E-state index >= 15 is 0 Å². The summed E-state index contributed by atoms with van der Waals surface area (Å²) in [7, 11) is -0.639. The first-order valence-electron chi connectivity index (χ1n) is 13.7. The van der Waals surface area contributed by atoms with Gasteiger partial charge in [0.15, 0.2) is 0 Å². The van der Waals surface area contributed by atoms with Gasteiger partial charge in [0.1, 0.15) is 6.61 Å². The fourth-order valence-electron chi connectivity index (χ4n) is 5.45. The molecule has 0 saturated carbocycles. The number of pyridine rings is 1. The molecular weight excluding hydrogens is 499 g/mol. The second kappa shape index (κ2) is 10.2. The van der Waals surface area contributed by atoms with Gasteiger partial charge in [-0.05, 0) is 72.9 Å². The molecule has 0 bridgehead atoms. The Bertz CT molecular complexity index is 1550. The summed E-state index contributed by atoms with van der Waals surface area (Å²) in [5, 5.41) is 5.04. The number of aromatic nitrogens is 1. The molecule has 1 amide bonds. The number of nitrogens with one attached hydrogen (secondary N) is 1. The minimum atomic E-state index is -0.639. The van der Waals surface area contributed by atoms with Crippen molar-refractivity contribution >= 4 is 30.1 Å². The van der Waals surface area contributed by atoms with Crippen LogP contribution in [-0.4, -0.2) is 42.5 Å². The van der Waals surface area contributed by atoms with Crippen LogP contribution in [0.4, 0.5) is 4.79 Å². The average Bonchev–Trinajstić information content (AvgIpc) is 3.38. The fraction of sp³-hybridized carbons (Fsp3) is 0.273. The number of rotatable bonds is 6. The van der Waals surface area contributed by atoms with Gasteiger partial charge in [-0.1, -0.05) is 72.8 Å². The predicted molar refractivity (Wildman–Crippen MR) is 159 cm³/mol. The Morgan fingerprint density at radius 1 is 0.900 bits per heavy atom. The molecule has 1 aromatic heterocycles. The Morgan fingerprint density at radius 3 is 2.17 bits per heavy atom. The van der Waals surface area contributed by atoms with Crippen molar-refractivity contribution < 1.29 is 18.8 Å². The molecule has 0 unspecified atom stereocenters. The van der Waals surface area contributed by atoms with Crippen molar-refractivity contribution in [1.82, 2.24) is 10.3 Å². The normalized spacial score (nSPS) is 17.5. The molecule has 6 rings (SSSR count). The quantitative estimate of drug-likeness (QED) is 0.277. The average molecular weight is 532 g/mol. The number of alkyl carbamates (subject to hydrolysis) is 1. The maximum Gasteiger partial charge on any atom is 0.492 e. The molecule has 1 fully saturated rings. The Kier molecular flexibility index (Phi) is 6.73. The van der Waals surface area contributed by atoms with Crippen LogP contribution < -0.4 is 5.32 Å². The summed E-state index contributed by atoms with van der Waals surface area (Å²) >= 11 is 0. The Morgan fingerprint density at radius 2 is 1.50 bits per heavy atom. The molecule has 40 heavy (non-hydrogen) atoms. The lowest BCUT2D eigenvalue weighted by Crippen LogP contribution is -2.41. The summed E-state index contributed by atoms with van der Waals surface area (Å²) in [4.78, 5) is 17.6. The van der Waals surface area contributed by atoms with Crippen molar-refractivity contribution in [1.29, 1.82) is 0 Å². The minimum Gasteiger partial charge on any atom is -0.449 e. The summed E-state index contributed by atoms with van der Waals surface area (Å²) in [6, 6.07) is 26.7. The van der Waals surface area contributed by atoms with E-state index in [4.69, 9.17) is 14.0 Å². The first-order valence-corrected chi connectivity index (χ1v) is 13.7. The molecule has 7 heteroatoms. The zero-order valence-corrected chi connectivity index (χ0v) is 23.3. The molecule has 1 aliphatic carbocycles. The van der Waals surface area contributed by atoms with E-state index in [1.807, 2.05) is 82.3 Å². The van der Waals surface area contributed by atoms with E-state index < -0.39 is 24.4 Å². The highest BCUT2D eigenvalue weighted by Crippen LogP contribution is 2.44. The number of hydrogen-bond acceptors (Lipinski definition) is 5. The second-order valence-electron chi connectivity index (χ2n) is 11.4. The van der Waals surface area contributed by atoms with E-state index in [9.17, 15) is 4.79 Å². The van der Waals surface area contributed by atoms with Crippen molar-refractivity contribution in [2.45, 2.75) is 44.8 Å². The molecule has 0 atom stereocenters. The Labute approximate surface area is 235 Å². The van der Waals surface area contributed by atoms with E-state index in [1.54, 1.807) is 6.20 Å². The molecular formula is C33H33BN2O4. The van der Waals surface area contributed by atoms with E-state index in [2.05, 4.69) is 40.6 Å². The zero-order chi connectivity index (χ0) is 27.9. The van der Waals surface area contributed by atoms with Gasteiger partial charge in [0, 0.05) is 24.0 Å². The van der Waals surface area contributed by atoms with Crippen LogP contribution in [0.15, 0.2) is 90.5 Å². The summed E-state index contributed by atoms with van der Waals surface area (Å²) in [5.41, 5.74) is 5.25. The summed E-state index contributed by atoms with van der Waals surface area (Å²) in [6.45, 7) is 8.50. The zero-order valence-electron chi connectivity index (χ0n) is 23.3. The van der Waals surface area contributed by atoms with Crippen LogP contribution in [0.25, 0.3) is 28.0 Å². The molecule has 0 spiro atoms. The number of carbonyl (C=O) groups is 1. The molecule has 202 valence electrons. The van der Waals surface area contributed by atoms with Gasteiger partial charge in [0.05, 0.1) is 16.9 Å². The van der Waals surface area contributed by atoms with Gasteiger partial charge in [0.25, 0.3) is 0 Å². The van der Waals surface area contributed by atoms with Gasteiger partial charge in [-0.15, -0.1) is 0 Å². The van der Waals surface area contributed by atoms with Gasteiger partial charge < -0.3 is 19.4 Å². The highest BCUT2D eigenvalue weighted by molar-refractivity contribution is 6.56.